The van der Waals surface area contributed by atoms with E-state index in [1.54, 1.807) is 0 Å². The third-order valence-electron chi connectivity index (χ3n) is 4.75. The number of hydrogen-bond donors (Lipinski definition) is 0. The van der Waals surface area contributed by atoms with Gasteiger partial charge in [-0.05, 0) is 12.8 Å². The van der Waals surface area contributed by atoms with E-state index >= 15 is 0 Å². The van der Waals surface area contributed by atoms with Crippen LogP contribution in [0.3, 0.4) is 0 Å². The molecule has 0 saturated carbocycles. The molecule has 21 heavy (non-hydrogen) atoms. The zero-order chi connectivity index (χ0) is 15.1. The first-order chi connectivity index (χ1) is 10.3. The van der Waals surface area contributed by atoms with Gasteiger partial charge in [0.15, 0.2) is 0 Å². The molecule has 4 nitrogen and oxygen atoms in total. The van der Waals surface area contributed by atoms with Crippen molar-refractivity contribution in [1.29, 1.82) is 0 Å². The molecule has 2 fully saturated rings. The molecule has 2 aliphatic rings. The summed E-state index contributed by atoms with van der Waals surface area (Å²) >= 11 is 0. The molecule has 1 atom stereocenters. The fraction of sp³-hybridized carbons (Fsp3) is 0.882. The maximum atomic E-state index is 11.8. The maximum absolute atomic E-state index is 11.8. The monoisotopic (exact) mass is 294 g/mol. The molecule has 2 heterocycles. The Kier molecular flexibility index (Phi) is 6.52. The van der Waals surface area contributed by atoms with Gasteiger partial charge in [0.05, 0.1) is 0 Å². The summed E-state index contributed by atoms with van der Waals surface area (Å²) in [5.74, 6) is 0.0179. The second-order valence-corrected chi connectivity index (χ2v) is 6.44. The number of imide groups is 1. The van der Waals surface area contributed by atoms with Gasteiger partial charge in [-0.25, -0.2) is 9.69 Å². The van der Waals surface area contributed by atoms with Gasteiger partial charge in [-0.15, -0.1) is 0 Å². The molecule has 0 aromatic heterocycles. The number of rotatable bonds is 11. The van der Waals surface area contributed by atoms with E-state index in [9.17, 15) is 9.59 Å². The van der Waals surface area contributed by atoms with Crippen LogP contribution in [0.4, 0.5) is 4.79 Å². The number of hydrogen-bond acceptors (Lipinski definition) is 2. The highest BCUT2D eigenvalue weighted by atomic mass is 16.2. The molecule has 4 heteroatoms. The van der Waals surface area contributed by atoms with Gasteiger partial charge in [-0.1, -0.05) is 64.7 Å². The van der Waals surface area contributed by atoms with Gasteiger partial charge in [0.1, 0.15) is 6.17 Å². The van der Waals surface area contributed by atoms with E-state index in [-0.39, 0.29) is 18.1 Å². The highest BCUT2D eigenvalue weighted by molar-refractivity contribution is 6.00. The molecule has 0 aromatic carbocycles. The maximum Gasteiger partial charge on any atom is 0.330 e. The summed E-state index contributed by atoms with van der Waals surface area (Å²) in [6, 6.07) is -0.0570. The number of fused-ring (bicyclic) bond motifs is 1. The van der Waals surface area contributed by atoms with E-state index in [0.717, 1.165) is 19.4 Å². The fourth-order valence-corrected chi connectivity index (χ4v) is 3.42. The summed E-state index contributed by atoms with van der Waals surface area (Å²) < 4.78 is 0. The Labute approximate surface area is 128 Å². The molecule has 0 aromatic rings. The Hall–Kier alpha value is -1.06. The van der Waals surface area contributed by atoms with Crippen LogP contribution < -0.4 is 0 Å². The second-order valence-electron chi connectivity index (χ2n) is 6.44. The van der Waals surface area contributed by atoms with Crippen molar-refractivity contribution in [1.82, 2.24) is 9.80 Å². The van der Waals surface area contributed by atoms with Crippen LogP contribution in [0.25, 0.3) is 0 Å². The summed E-state index contributed by atoms with van der Waals surface area (Å²) in [4.78, 5) is 26.5. The van der Waals surface area contributed by atoms with Crippen LogP contribution in [0.15, 0.2) is 0 Å². The largest absolute Gasteiger partial charge is 0.330 e. The Morgan fingerprint density at radius 3 is 2.10 bits per heavy atom. The Morgan fingerprint density at radius 2 is 1.48 bits per heavy atom. The molecule has 2 saturated heterocycles. The van der Waals surface area contributed by atoms with Crippen LogP contribution in [0.2, 0.25) is 0 Å². The molecular weight excluding hydrogens is 264 g/mol. The summed E-state index contributed by atoms with van der Waals surface area (Å²) in [6.45, 7) is 3.09. The third-order valence-corrected chi connectivity index (χ3v) is 4.75. The molecule has 2 rings (SSSR count). The molecule has 0 spiro atoms. The van der Waals surface area contributed by atoms with Crippen LogP contribution in [0, 0.1) is 0 Å². The lowest BCUT2D eigenvalue weighted by molar-refractivity contribution is -0.132. The Balaban J connectivity index is 1.43. The van der Waals surface area contributed by atoms with Crippen molar-refractivity contribution in [2.75, 3.05) is 6.54 Å². The summed E-state index contributed by atoms with van der Waals surface area (Å²) in [5.41, 5.74) is 0. The highest BCUT2D eigenvalue weighted by Gasteiger charge is 2.51. The van der Waals surface area contributed by atoms with Crippen LogP contribution >= 0.6 is 0 Å². The minimum atomic E-state index is -0.0570. The van der Waals surface area contributed by atoms with E-state index in [0.29, 0.717) is 6.42 Å². The minimum Gasteiger partial charge on any atom is -0.303 e. The number of nitrogens with zero attached hydrogens (tertiary/aromatic N) is 2. The van der Waals surface area contributed by atoms with Crippen molar-refractivity contribution in [3.63, 3.8) is 0 Å². The van der Waals surface area contributed by atoms with E-state index < -0.39 is 0 Å². The van der Waals surface area contributed by atoms with E-state index in [2.05, 4.69) is 6.92 Å². The predicted octanol–water partition coefficient (Wildman–Crippen LogP) is 4.29. The SMILES string of the molecule is CCCCCCCCCCCCN1C(=O)N2C(=O)CCC12. The summed E-state index contributed by atoms with van der Waals surface area (Å²) in [5, 5.41) is 0. The highest BCUT2D eigenvalue weighted by Crippen LogP contribution is 2.32. The first kappa shape index (κ1) is 16.3. The molecule has 0 aliphatic carbocycles. The quantitative estimate of drug-likeness (QED) is 0.533. The number of carbonyl (C=O) groups excluding carboxylic acids is 2. The second kappa shape index (κ2) is 8.40. The number of amides is 3. The predicted molar refractivity (Wildman–Crippen MR) is 83.8 cm³/mol. The molecule has 2 aliphatic heterocycles. The molecule has 120 valence electrons. The van der Waals surface area contributed by atoms with Crippen molar-refractivity contribution >= 4 is 11.9 Å². The molecule has 3 amide bonds. The molecular formula is C17H30N2O2. The van der Waals surface area contributed by atoms with E-state index in [4.69, 9.17) is 0 Å². The number of carbonyl (C=O) groups is 2. The molecule has 1 unspecified atom stereocenters. The minimum absolute atomic E-state index is 0.0179. The van der Waals surface area contributed by atoms with Gasteiger partial charge >= 0.3 is 6.03 Å². The Morgan fingerprint density at radius 1 is 0.905 bits per heavy atom. The summed E-state index contributed by atoms with van der Waals surface area (Å²) in [6.07, 6.45) is 14.6. The van der Waals surface area contributed by atoms with Gasteiger partial charge < -0.3 is 4.90 Å². The lowest BCUT2D eigenvalue weighted by atomic mass is 10.1. The molecule has 0 N–H and O–H groups in total. The summed E-state index contributed by atoms with van der Waals surface area (Å²) in [7, 11) is 0. The van der Waals surface area contributed by atoms with Gasteiger partial charge in [-0.2, -0.15) is 0 Å². The van der Waals surface area contributed by atoms with Gasteiger partial charge in [0.2, 0.25) is 5.91 Å². The van der Waals surface area contributed by atoms with Gasteiger partial charge in [0, 0.05) is 13.0 Å². The lowest BCUT2D eigenvalue weighted by Crippen LogP contribution is -2.65. The number of urea groups is 1. The van der Waals surface area contributed by atoms with Crippen molar-refractivity contribution in [2.24, 2.45) is 0 Å². The Bertz CT molecular complexity index is 357. The normalized spacial score (nSPS) is 20.9. The van der Waals surface area contributed by atoms with Gasteiger partial charge in [-0.3, -0.25) is 4.79 Å². The third kappa shape index (κ3) is 4.21. The van der Waals surface area contributed by atoms with Crippen LogP contribution in [-0.4, -0.2) is 34.4 Å². The van der Waals surface area contributed by atoms with Crippen molar-refractivity contribution in [3.05, 3.63) is 0 Å². The van der Waals surface area contributed by atoms with Gasteiger partial charge in [0.25, 0.3) is 0 Å². The van der Waals surface area contributed by atoms with Crippen LogP contribution in [0.1, 0.15) is 84.0 Å². The lowest BCUT2D eigenvalue weighted by Gasteiger charge is -2.45. The van der Waals surface area contributed by atoms with Crippen LogP contribution in [0.5, 0.6) is 0 Å². The average Bonchev–Trinajstić information content (AvgIpc) is 2.82. The topological polar surface area (TPSA) is 40.6 Å². The van der Waals surface area contributed by atoms with E-state index in [1.165, 1.54) is 62.7 Å². The van der Waals surface area contributed by atoms with Crippen molar-refractivity contribution in [3.8, 4) is 0 Å². The van der Waals surface area contributed by atoms with E-state index in [1.807, 2.05) is 4.90 Å². The fourth-order valence-electron chi connectivity index (χ4n) is 3.42. The molecule has 0 radical (unpaired) electrons. The molecule has 0 bridgehead atoms. The van der Waals surface area contributed by atoms with Crippen molar-refractivity contribution < 1.29 is 9.59 Å². The smallest absolute Gasteiger partial charge is 0.303 e. The zero-order valence-corrected chi connectivity index (χ0v) is 13.5. The van der Waals surface area contributed by atoms with Crippen LogP contribution in [-0.2, 0) is 4.79 Å². The van der Waals surface area contributed by atoms with Crippen molar-refractivity contribution in [2.45, 2.75) is 90.1 Å². The standard InChI is InChI=1S/C17H30N2O2/c1-2-3-4-5-6-7-8-9-10-11-14-18-15-12-13-16(20)19(15)17(18)21/h15H,2-14H2,1H3. The first-order valence-corrected chi connectivity index (χ1v) is 8.88. The first-order valence-electron chi connectivity index (χ1n) is 8.88. The number of unbranched alkanes of at least 4 members (excludes halogenated alkanes) is 9. The average molecular weight is 294 g/mol. The zero-order valence-electron chi connectivity index (χ0n) is 13.5.